The minimum atomic E-state index is -3.33. The first-order valence-corrected chi connectivity index (χ1v) is 9.54. The molecule has 1 aliphatic rings. The summed E-state index contributed by atoms with van der Waals surface area (Å²) in [5.41, 5.74) is 0.748. The number of amides is 2. The van der Waals surface area contributed by atoms with E-state index < -0.39 is 16.1 Å². The number of rotatable bonds is 8. The molecule has 1 aliphatic carbocycles. The average Bonchev–Trinajstić information content (AvgIpc) is 2.46. The number of nitrogens with zero attached hydrogens (tertiary/aromatic N) is 1. The third kappa shape index (κ3) is 6.15. The molecule has 1 saturated carbocycles. The van der Waals surface area contributed by atoms with Gasteiger partial charge in [-0.2, -0.15) is 0 Å². The fourth-order valence-corrected chi connectivity index (χ4v) is 3.27. The summed E-state index contributed by atoms with van der Waals surface area (Å²) in [6.45, 7) is 2.39. The van der Waals surface area contributed by atoms with Crippen molar-refractivity contribution in [3.8, 4) is 0 Å². The van der Waals surface area contributed by atoms with Gasteiger partial charge in [-0.25, -0.2) is 17.9 Å². The summed E-state index contributed by atoms with van der Waals surface area (Å²) in [6, 6.07) is 4.82. The van der Waals surface area contributed by atoms with Crippen LogP contribution in [0.1, 0.15) is 37.9 Å². The van der Waals surface area contributed by atoms with Crippen LogP contribution in [0.15, 0.2) is 24.4 Å². The molecule has 1 aromatic rings. The number of sulfonamides is 1. The molecule has 0 radical (unpaired) electrons. The third-order valence-electron chi connectivity index (χ3n) is 3.95. The fourth-order valence-electron chi connectivity index (χ4n) is 2.27. The lowest BCUT2D eigenvalue weighted by Gasteiger charge is -2.25. The maximum Gasteiger partial charge on any atom is 0.315 e. The summed E-state index contributed by atoms with van der Waals surface area (Å²) in [5, 5.41) is 5.28. The zero-order valence-corrected chi connectivity index (χ0v) is 14.1. The van der Waals surface area contributed by atoms with Gasteiger partial charge in [-0.3, -0.25) is 4.98 Å². The predicted molar refractivity (Wildman–Crippen MR) is 88.3 cm³/mol. The summed E-state index contributed by atoms with van der Waals surface area (Å²) in [4.78, 5) is 15.9. The third-order valence-corrected chi connectivity index (χ3v) is 5.30. The van der Waals surface area contributed by atoms with Gasteiger partial charge in [0.2, 0.25) is 10.0 Å². The second-order valence-corrected chi connectivity index (χ2v) is 7.77. The minimum Gasteiger partial charge on any atom is -0.337 e. The molecule has 0 bridgehead atoms. The maximum atomic E-state index is 11.8. The van der Waals surface area contributed by atoms with E-state index in [4.69, 9.17) is 0 Å². The molecule has 7 nitrogen and oxygen atoms in total. The summed E-state index contributed by atoms with van der Waals surface area (Å²) < 4.78 is 26.2. The van der Waals surface area contributed by atoms with Crippen LogP contribution in [0, 0.1) is 5.92 Å². The molecular weight excluding hydrogens is 316 g/mol. The summed E-state index contributed by atoms with van der Waals surface area (Å²) >= 11 is 0. The van der Waals surface area contributed by atoms with Crippen LogP contribution in [0.3, 0.4) is 0 Å². The highest BCUT2D eigenvalue weighted by atomic mass is 32.2. The van der Waals surface area contributed by atoms with Crippen LogP contribution in [0.4, 0.5) is 4.79 Å². The van der Waals surface area contributed by atoms with Crippen molar-refractivity contribution in [3.05, 3.63) is 30.1 Å². The van der Waals surface area contributed by atoms with E-state index in [1.807, 2.05) is 19.1 Å². The van der Waals surface area contributed by atoms with Crippen molar-refractivity contribution in [1.82, 2.24) is 20.3 Å². The molecule has 8 heteroatoms. The van der Waals surface area contributed by atoms with Crippen LogP contribution in [0.2, 0.25) is 0 Å². The summed E-state index contributed by atoms with van der Waals surface area (Å²) in [5.74, 6) is 0.353. The van der Waals surface area contributed by atoms with Crippen LogP contribution in [-0.4, -0.2) is 38.3 Å². The van der Waals surface area contributed by atoms with Crippen LogP contribution >= 0.6 is 0 Å². The van der Waals surface area contributed by atoms with Crippen LogP contribution in [0.25, 0.3) is 0 Å². The van der Waals surface area contributed by atoms with Crippen molar-refractivity contribution >= 4 is 16.1 Å². The van der Waals surface area contributed by atoms with Crippen molar-refractivity contribution in [2.45, 2.75) is 32.2 Å². The topological polar surface area (TPSA) is 100 Å². The largest absolute Gasteiger partial charge is 0.337 e. The molecule has 0 aliphatic heterocycles. The van der Waals surface area contributed by atoms with Gasteiger partial charge < -0.3 is 10.6 Å². The lowest BCUT2D eigenvalue weighted by Crippen LogP contribution is -2.41. The number of nitrogens with one attached hydrogen (secondary N) is 3. The highest BCUT2D eigenvalue weighted by Gasteiger charge is 2.20. The molecule has 1 aromatic heterocycles. The second kappa shape index (κ2) is 8.26. The Morgan fingerprint density at radius 2 is 2.17 bits per heavy atom. The molecule has 23 heavy (non-hydrogen) atoms. The van der Waals surface area contributed by atoms with E-state index in [0.29, 0.717) is 12.5 Å². The van der Waals surface area contributed by atoms with Crippen molar-refractivity contribution in [2.24, 2.45) is 5.92 Å². The Morgan fingerprint density at radius 3 is 2.78 bits per heavy atom. The van der Waals surface area contributed by atoms with Gasteiger partial charge in [0.05, 0.1) is 17.5 Å². The minimum absolute atomic E-state index is 0.0702. The Hall–Kier alpha value is -1.67. The average molecular weight is 340 g/mol. The van der Waals surface area contributed by atoms with Crippen molar-refractivity contribution < 1.29 is 13.2 Å². The number of hydrogen-bond acceptors (Lipinski definition) is 4. The smallest absolute Gasteiger partial charge is 0.315 e. The van der Waals surface area contributed by atoms with Crippen molar-refractivity contribution in [1.29, 1.82) is 0 Å². The standard InChI is InChI=1S/C15H24N4O3S/c1-12(14-7-2-3-8-16-14)19-15(20)17-9-10-23(21,22)18-11-13-5-4-6-13/h2-3,7-8,12-13,18H,4-6,9-11H2,1H3,(H2,17,19,20)/t12-/m0/s1. The number of urea groups is 1. The first-order chi connectivity index (χ1) is 11.0. The number of carbonyl (C=O) groups excluding carboxylic acids is 1. The first kappa shape index (κ1) is 17.7. The van der Waals surface area contributed by atoms with Gasteiger partial charge >= 0.3 is 6.03 Å². The van der Waals surface area contributed by atoms with Gasteiger partial charge in [-0.05, 0) is 37.8 Å². The quantitative estimate of drug-likeness (QED) is 0.661. The van der Waals surface area contributed by atoms with E-state index in [1.165, 1.54) is 6.42 Å². The number of aromatic nitrogens is 1. The van der Waals surface area contributed by atoms with Crippen LogP contribution in [-0.2, 0) is 10.0 Å². The molecule has 1 atom stereocenters. The molecule has 0 spiro atoms. The number of carbonyl (C=O) groups is 1. The molecular formula is C15H24N4O3S. The monoisotopic (exact) mass is 340 g/mol. The van der Waals surface area contributed by atoms with E-state index in [2.05, 4.69) is 20.3 Å². The number of pyridine rings is 1. The Labute approximate surface area is 137 Å². The van der Waals surface area contributed by atoms with Crippen molar-refractivity contribution in [2.75, 3.05) is 18.8 Å². The first-order valence-electron chi connectivity index (χ1n) is 7.89. The lowest BCUT2D eigenvalue weighted by molar-refractivity contribution is 0.238. The summed E-state index contributed by atoms with van der Waals surface area (Å²) in [6.07, 6.45) is 5.03. The van der Waals surface area contributed by atoms with Gasteiger partial charge in [-0.1, -0.05) is 12.5 Å². The second-order valence-electron chi connectivity index (χ2n) is 5.84. The Balaban J connectivity index is 1.65. The molecule has 128 valence electrons. The van der Waals surface area contributed by atoms with Crippen LogP contribution in [0.5, 0.6) is 0 Å². The van der Waals surface area contributed by atoms with Gasteiger partial charge in [-0.15, -0.1) is 0 Å². The molecule has 2 rings (SSSR count). The molecule has 1 fully saturated rings. The lowest BCUT2D eigenvalue weighted by atomic mass is 9.86. The number of hydrogen-bond donors (Lipinski definition) is 3. The fraction of sp³-hybridized carbons (Fsp3) is 0.600. The molecule has 1 heterocycles. The SMILES string of the molecule is C[C@H](NC(=O)NCCS(=O)(=O)NCC1CCC1)c1ccccn1. The molecule has 3 N–H and O–H groups in total. The predicted octanol–water partition coefficient (Wildman–Crippen LogP) is 1.16. The Kier molecular flexibility index (Phi) is 6.35. The van der Waals surface area contributed by atoms with Gasteiger partial charge in [0.15, 0.2) is 0 Å². The van der Waals surface area contributed by atoms with Gasteiger partial charge in [0, 0.05) is 19.3 Å². The van der Waals surface area contributed by atoms with E-state index in [-0.39, 0.29) is 18.3 Å². The van der Waals surface area contributed by atoms with Gasteiger partial charge in [0.1, 0.15) is 0 Å². The Morgan fingerprint density at radius 1 is 1.39 bits per heavy atom. The zero-order chi connectivity index (χ0) is 16.7. The highest BCUT2D eigenvalue weighted by Crippen LogP contribution is 2.25. The van der Waals surface area contributed by atoms with Gasteiger partial charge in [0.25, 0.3) is 0 Å². The van der Waals surface area contributed by atoms with E-state index >= 15 is 0 Å². The molecule has 0 aromatic carbocycles. The maximum absolute atomic E-state index is 11.8. The summed E-state index contributed by atoms with van der Waals surface area (Å²) in [7, 11) is -3.33. The zero-order valence-electron chi connectivity index (χ0n) is 13.3. The molecule has 0 saturated heterocycles. The highest BCUT2D eigenvalue weighted by molar-refractivity contribution is 7.89. The van der Waals surface area contributed by atoms with E-state index in [0.717, 1.165) is 18.5 Å². The van der Waals surface area contributed by atoms with E-state index in [1.54, 1.807) is 12.3 Å². The van der Waals surface area contributed by atoms with Crippen molar-refractivity contribution in [3.63, 3.8) is 0 Å². The molecule has 2 amide bonds. The van der Waals surface area contributed by atoms with E-state index in [9.17, 15) is 13.2 Å². The van der Waals surface area contributed by atoms with Crippen LogP contribution < -0.4 is 15.4 Å². The normalized spacial score (nSPS) is 16.4. The molecule has 0 unspecified atom stereocenters. The Bertz CT molecular complexity index is 602.